The zero-order chi connectivity index (χ0) is 14.4. The zero-order valence-electron chi connectivity index (χ0n) is 12.5. The van der Waals surface area contributed by atoms with Crippen molar-refractivity contribution in [2.45, 2.75) is 45.1 Å². The monoisotopic (exact) mass is 271 g/mol. The Labute approximate surface area is 121 Å². The smallest absolute Gasteiger partial charge is 0.0631 e. The second-order valence-electron chi connectivity index (χ2n) is 5.30. The predicted molar refractivity (Wildman–Crippen MR) is 83.8 cm³/mol. The minimum absolute atomic E-state index is 0.348. The molecule has 0 aliphatic rings. The van der Waals surface area contributed by atoms with Crippen LogP contribution in [-0.2, 0) is 6.42 Å². The number of aromatic nitrogens is 2. The molecule has 0 amide bonds. The Hall–Kier alpha value is -1.61. The standard InChI is InChI=1S/C17H25N3/c1-3-17(4-2)20-11-10-16(19-20)12-15(13-18)14-8-6-5-7-9-14/h5-11,15,17H,3-4,12-13,18H2,1-2H3. The van der Waals surface area contributed by atoms with Gasteiger partial charge in [-0.05, 0) is 37.4 Å². The lowest BCUT2D eigenvalue weighted by molar-refractivity contribution is 0.424. The molecule has 0 bridgehead atoms. The molecule has 2 aromatic rings. The first-order chi connectivity index (χ1) is 9.78. The molecule has 20 heavy (non-hydrogen) atoms. The number of nitrogens with zero attached hydrogens (tertiary/aromatic N) is 2. The zero-order valence-corrected chi connectivity index (χ0v) is 12.5. The third-order valence-electron chi connectivity index (χ3n) is 3.99. The van der Waals surface area contributed by atoms with E-state index in [1.54, 1.807) is 0 Å². The van der Waals surface area contributed by atoms with Crippen LogP contribution in [0.5, 0.6) is 0 Å². The van der Waals surface area contributed by atoms with Crippen molar-refractivity contribution in [1.29, 1.82) is 0 Å². The van der Waals surface area contributed by atoms with Crippen LogP contribution in [0.25, 0.3) is 0 Å². The summed E-state index contributed by atoms with van der Waals surface area (Å²) in [6, 6.07) is 13.1. The normalized spacial score (nSPS) is 12.8. The molecule has 0 aliphatic heterocycles. The van der Waals surface area contributed by atoms with Gasteiger partial charge in [0.15, 0.2) is 0 Å². The van der Waals surface area contributed by atoms with E-state index in [0.29, 0.717) is 18.5 Å². The van der Waals surface area contributed by atoms with E-state index in [2.05, 4.69) is 55.1 Å². The molecule has 3 nitrogen and oxygen atoms in total. The van der Waals surface area contributed by atoms with E-state index in [-0.39, 0.29) is 0 Å². The third kappa shape index (κ3) is 3.48. The highest BCUT2D eigenvalue weighted by Gasteiger charge is 2.13. The quantitative estimate of drug-likeness (QED) is 0.837. The molecule has 0 saturated carbocycles. The largest absolute Gasteiger partial charge is 0.330 e. The lowest BCUT2D eigenvalue weighted by Crippen LogP contribution is -2.16. The molecule has 3 heteroatoms. The van der Waals surface area contributed by atoms with Gasteiger partial charge < -0.3 is 5.73 Å². The maximum Gasteiger partial charge on any atom is 0.0631 e. The Bertz CT molecular complexity index is 500. The second-order valence-corrected chi connectivity index (χ2v) is 5.30. The van der Waals surface area contributed by atoms with Crippen molar-refractivity contribution in [3.8, 4) is 0 Å². The van der Waals surface area contributed by atoms with Gasteiger partial charge in [0.1, 0.15) is 0 Å². The van der Waals surface area contributed by atoms with Crippen LogP contribution in [0.3, 0.4) is 0 Å². The lowest BCUT2D eigenvalue weighted by atomic mass is 9.94. The van der Waals surface area contributed by atoms with E-state index in [1.165, 1.54) is 5.56 Å². The van der Waals surface area contributed by atoms with Crippen molar-refractivity contribution in [1.82, 2.24) is 9.78 Å². The lowest BCUT2D eigenvalue weighted by Gasteiger charge is -2.15. The maximum absolute atomic E-state index is 5.94. The van der Waals surface area contributed by atoms with Crippen molar-refractivity contribution in [3.63, 3.8) is 0 Å². The van der Waals surface area contributed by atoms with Crippen LogP contribution >= 0.6 is 0 Å². The van der Waals surface area contributed by atoms with Gasteiger partial charge in [0.05, 0.1) is 11.7 Å². The van der Waals surface area contributed by atoms with Gasteiger partial charge in [-0.2, -0.15) is 5.10 Å². The average molecular weight is 271 g/mol. The Morgan fingerprint density at radius 3 is 2.40 bits per heavy atom. The van der Waals surface area contributed by atoms with Crippen LogP contribution in [0.2, 0.25) is 0 Å². The predicted octanol–water partition coefficient (Wildman–Crippen LogP) is 3.53. The van der Waals surface area contributed by atoms with E-state index in [1.807, 2.05) is 6.07 Å². The van der Waals surface area contributed by atoms with Gasteiger partial charge in [-0.1, -0.05) is 44.2 Å². The third-order valence-corrected chi connectivity index (χ3v) is 3.99. The molecule has 2 N–H and O–H groups in total. The fourth-order valence-corrected chi connectivity index (χ4v) is 2.67. The van der Waals surface area contributed by atoms with E-state index in [9.17, 15) is 0 Å². The van der Waals surface area contributed by atoms with E-state index in [4.69, 9.17) is 10.8 Å². The molecule has 1 unspecified atom stereocenters. The van der Waals surface area contributed by atoms with Crippen LogP contribution in [0, 0.1) is 0 Å². The van der Waals surface area contributed by atoms with Gasteiger partial charge in [-0.15, -0.1) is 0 Å². The Kier molecular flexibility index (Phi) is 5.36. The highest BCUT2D eigenvalue weighted by atomic mass is 15.3. The van der Waals surface area contributed by atoms with Crippen LogP contribution in [-0.4, -0.2) is 16.3 Å². The molecule has 1 aromatic carbocycles. The van der Waals surface area contributed by atoms with Crippen molar-refractivity contribution in [2.24, 2.45) is 5.73 Å². The van der Waals surface area contributed by atoms with E-state index >= 15 is 0 Å². The van der Waals surface area contributed by atoms with Crippen molar-refractivity contribution in [3.05, 3.63) is 53.9 Å². The first-order valence-corrected chi connectivity index (χ1v) is 7.57. The molecule has 0 saturated heterocycles. The molecular weight excluding hydrogens is 246 g/mol. The average Bonchev–Trinajstić information content (AvgIpc) is 2.95. The summed E-state index contributed by atoms with van der Waals surface area (Å²) in [5.41, 5.74) is 8.37. The van der Waals surface area contributed by atoms with Crippen molar-refractivity contribution < 1.29 is 0 Å². The van der Waals surface area contributed by atoms with Gasteiger partial charge in [0, 0.05) is 12.1 Å². The summed E-state index contributed by atoms with van der Waals surface area (Å²) >= 11 is 0. The van der Waals surface area contributed by atoms with Crippen LogP contribution in [0.4, 0.5) is 0 Å². The second kappa shape index (κ2) is 7.25. The Balaban J connectivity index is 2.09. The van der Waals surface area contributed by atoms with Crippen LogP contribution in [0.1, 0.15) is 49.9 Å². The van der Waals surface area contributed by atoms with E-state index < -0.39 is 0 Å². The SMILES string of the molecule is CCC(CC)n1ccc(CC(CN)c2ccccc2)n1. The molecule has 0 fully saturated rings. The molecule has 0 aliphatic carbocycles. The summed E-state index contributed by atoms with van der Waals surface area (Å²) in [6.07, 6.45) is 5.26. The minimum Gasteiger partial charge on any atom is -0.330 e. The van der Waals surface area contributed by atoms with Gasteiger partial charge in [-0.25, -0.2) is 0 Å². The summed E-state index contributed by atoms with van der Waals surface area (Å²) in [5, 5.41) is 4.73. The Morgan fingerprint density at radius 1 is 1.10 bits per heavy atom. The van der Waals surface area contributed by atoms with Gasteiger partial charge in [0.2, 0.25) is 0 Å². The summed E-state index contributed by atoms with van der Waals surface area (Å²) < 4.78 is 2.11. The van der Waals surface area contributed by atoms with Crippen molar-refractivity contribution >= 4 is 0 Å². The molecular formula is C17H25N3. The Morgan fingerprint density at radius 2 is 1.80 bits per heavy atom. The molecule has 1 heterocycles. The summed E-state index contributed by atoms with van der Waals surface area (Å²) in [5.74, 6) is 0.348. The van der Waals surface area contributed by atoms with Gasteiger partial charge in [-0.3, -0.25) is 4.68 Å². The fraction of sp³-hybridized carbons (Fsp3) is 0.471. The summed E-state index contributed by atoms with van der Waals surface area (Å²) in [6.45, 7) is 5.08. The molecule has 108 valence electrons. The minimum atomic E-state index is 0.348. The summed E-state index contributed by atoms with van der Waals surface area (Å²) in [4.78, 5) is 0. The molecule has 1 atom stereocenters. The maximum atomic E-state index is 5.94. The number of rotatable bonds is 7. The summed E-state index contributed by atoms with van der Waals surface area (Å²) in [7, 11) is 0. The first kappa shape index (κ1) is 14.8. The van der Waals surface area contributed by atoms with Crippen LogP contribution in [0.15, 0.2) is 42.6 Å². The number of hydrogen-bond donors (Lipinski definition) is 1. The van der Waals surface area contributed by atoms with Gasteiger partial charge in [0.25, 0.3) is 0 Å². The topological polar surface area (TPSA) is 43.8 Å². The number of nitrogens with two attached hydrogens (primary N) is 1. The molecule has 2 rings (SSSR count). The first-order valence-electron chi connectivity index (χ1n) is 7.57. The highest BCUT2D eigenvalue weighted by molar-refractivity contribution is 5.21. The van der Waals surface area contributed by atoms with Crippen molar-refractivity contribution in [2.75, 3.05) is 6.54 Å². The fourth-order valence-electron chi connectivity index (χ4n) is 2.67. The number of benzene rings is 1. The molecule has 0 spiro atoms. The van der Waals surface area contributed by atoms with Gasteiger partial charge >= 0.3 is 0 Å². The van der Waals surface area contributed by atoms with Crippen LogP contribution < -0.4 is 5.73 Å². The van der Waals surface area contributed by atoms with E-state index in [0.717, 1.165) is 25.0 Å². The molecule has 1 aromatic heterocycles. The molecule has 0 radical (unpaired) electrons. The number of hydrogen-bond acceptors (Lipinski definition) is 2. The highest BCUT2D eigenvalue weighted by Crippen LogP contribution is 2.20.